The van der Waals surface area contributed by atoms with Crippen LogP contribution >= 0.6 is 7.60 Å². The quantitative estimate of drug-likeness (QED) is 0.0821. The molecule has 0 aliphatic rings. The third kappa shape index (κ3) is 10.4. The molecular formula is C19H29N8O10P. The highest BCUT2D eigenvalue weighted by Crippen LogP contribution is 2.48. The second kappa shape index (κ2) is 14.9. The van der Waals surface area contributed by atoms with E-state index < -0.39 is 58.2 Å². The lowest BCUT2D eigenvalue weighted by atomic mass is 10.3. The monoisotopic (exact) mass is 560 g/mol. The van der Waals surface area contributed by atoms with Gasteiger partial charge in [0.15, 0.2) is 11.5 Å². The summed E-state index contributed by atoms with van der Waals surface area (Å²) in [5, 5.41) is 3.50. The molecule has 1 atom stereocenters. The molecule has 2 aromatic rings. The minimum Gasteiger partial charge on any atom is -0.432 e. The fraction of sp³-hybridized carbons (Fsp3) is 0.632. The summed E-state index contributed by atoms with van der Waals surface area (Å²) in [4.78, 5) is 38.0. The van der Waals surface area contributed by atoms with Gasteiger partial charge in [-0.25, -0.2) is 24.5 Å². The van der Waals surface area contributed by atoms with Crippen molar-refractivity contribution in [2.45, 2.75) is 52.6 Å². The van der Waals surface area contributed by atoms with Crippen LogP contribution in [-0.2, 0) is 43.8 Å². The number of fused-ring (bicyclic) bond motifs is 1. The van der Waals surface area contributed by atoms with Gasteiger partial charge in [0.1, 0.15) is 18.2 Å². The third-order valence-electron chi connectivity index (χ3n) is 4.16. The molecule has 210 valence electrons. The van der Waals surface area contributed by atoms with Crippen LogP contribution in [-0.4, -0.2) is 76.6 Å². The van der Waals surface area contributed by atoms with Crippen LogP contribution in [0.4, 0.5) is 15.4 Å². The molecule has 0 aromatic carbocycles. The molecule has 2 N–H and O–H groups in total. The van der Waals surface area contributed by atoms with Crippen LogP contribution in [0, 0.1) is 0 Å². The maximum atomic E-state index is 13.3. The molecule has 0 aliphatic heterocycles. The standard InChI is InChI=1S/C19H29N8O10P/c1-12(2)36-18(28)31-9-34-38(30,35-10-32-19(29)37-13(3)4)11-33-14(5-25-26-21)6-27-8-24-15-16(20)22-7-23-17(15)27/h7-8,12-14H,5-6,9-11H2,1-4H3,(H2,20,22,23)/t14-/m1/s1. The van der Waals surface area contributed by atoms with E-state index in [0.29, 0.717) is 11.2 Å². The van der Waals surface area contributed by atoms with Crippen LogP contribution in [0.2, 0.25) is 0 Å². The number of nitrogens with two attached hydrogens (primary N) is 1. The number of carbonyl (C=O) groups is 2. The van der Waals surface area contributed by atoms with Gasteiger partial charge in [-0.3, -0.25) is 13.6 Å². The maximum absolute atomic E-state index is 13.3. The number of carbonyl (C=O) groups excluding carboxylic acids is 2. The van der Waals surface area contributed by atoms with Crippen molar-refractivity contribution in [1.82, 2.24) is 19.5 Å². The summed E-state index contributed by atoms with van der Waals surface area (Å²) in [6.07, 6.45) is -1.98. The van der Waals surface area contributed by atoms with E-state index in [0.717, 1.165) is 0 Å². The Balaban J connectivity index is 2.09. The van der Waals surface area contributed by atoms with Crippen molar-refractivity contribution in [1.29, 1.82) is 0 Å². The molecule has 0 fully saturated rings. The van der Waals surface area contributed by atoms with E-state index >= 15 is 0 Å². The zero-order valence-electron chi connectivity index (χ0n) is 21.2. The Morgan fingerprint density at radius 1 is 1.08 bits per heavy atom. The number of nitrogens with zero attached hydrogens (tertiary/aromatic N) is 7. The number of ether oxygens (including phenoxy) is 5. The van der Waals surface area contributed by atoms with Gasteiger partial charge in [0.2, 0.25) is 13.6 Å². The molecule has 0 bridgehead atoms. The number of hydrogen-bond donors (Lipinski definition) is 1. The van der Waals surface area contributed by atoms with Crippen molar-refractivity contribution in [3.8, 4) is 0 Å². The van der Waals surface area contributed by atoms with Crippen LogP contribution in [0.5, 0.6) is 0 Å². The first-order valence-electron chi connectivity index (χ1n) is 11.1. The Kier molecular flexibility index (Phi) is 12.0. The van der Waals surface area contributed by atoms with E-state index in [1.807, 2.05) is 0 Å². The van der Waals surface area contributed by atoms with E-state index in [1.54, 1.807) is 32.3 Å². The molecule has 0 saturated carbocycles. The Morgan fingerprint density at radius 2 is 1.68 bits per heavy atom. The van der Waals surface area contributed by atoms with Gasteiger partial charge < -0.3 is 34.0 Å². The third-order valence-corrected chi connectivity index (χ3v) is 5.63. The first-order valence-corrected chi connectivity index (χ1v) is 12.8. The lowest BCUT2D eigenvalue weighted by Crippen LogP contribution is -2.25. The first-order chi connectivity index (χ1) is 18.0. The average molecular weight is 560 g/mol. The highest BCUT2D eigenvalue weighted by Gasteiger charge is 2.29. The van der Waals surface area contributed by atoms with Crippen molar-refractivity contribution < 1.29 is 46.9 Å². The number of nitrogen functional groups attached to an aromatic ring is 1. The average Bonchev–Trinajstić information content (AvgIpc) is 3.24. The summed E-state index contributed by atoms with van der Waals surface area (Å²) >= 11 is 0. The number of hydrogen-bond acceptors (Lipinski definition) is 15. The Labute approximate surface area is 216 Å². The molecule has 2 aromatic heterocycles. The number of imidazole rings is 1. The molecule has 0 unspecified atom stereocenters. The van der Waals surface area contributed by atoms with Gasteiger partial charge in [-0.2, -0.15) is 0 Å². The Morgan fingerprint density at radius 3 is 2.24 bits per heavy atom. The van der Waals surface area contributed by atoms with Crippen molar-refractivity contribution in [2.75, 3.05) is 32.2 Å². The van der Waals surface area contributed by atoms with Gasteiger partial charge in [-0.1, -0.05) is 5.11 Å². The summed E-state index contributed by atoms with van der Waals surface area (Å²) < 4.78 is 49.7. The molecule has 0 amide bonds. The highest BCUT2D eigenvalue weighted by atomic mass is 31.2. The van der Waals surface area contributed by atoms with Crippen molar-refractivity contribution in [3.63, 3.8) is 0 Å². The zero-order valence-corrected chi connectivity index (χ0v) is 22.1. The maximum Gasteiger partial charge on any atom is 0.510 e. The van der Waals surface area contributed by atoms with E-state index in [4.69, 9.17) is 44.0 Å². The minimum atomic E-state index is -4.23. The van der Waals surface area contributed by atoms with Crippen molar-refractivity contribution in [2.24, 2.45) is 5.11 Å². The minimum absolute atomic E-state index is 0.0421. The fourth-order valence-electron chi connectivity index (χ4n) is 2.61. The molecule has 2 rings (SSSR count). The lowest BCUT2D eigenvalue weighted by Gasteiger charge is -2.22. The number of rotatable bonds is 15. The van der Waals surface area contributed by atoms with Crippen LogP contribution in [0.25, 0.3) is 21.6 Å². The van der Waals surface area contributed by atoms with Gasteiger partial charge in [0.05, 0.1) is 37.7 Å². The molecule has 19 heteroatoms. The van der Waals surface area contributed by atoms with Gasteiger partial charge in [0.25, 0.3) is 0 Å². The molecule has 0 aliphatic carbocycles. The predicted molar refractivity (Wildman–Crippen MR) is 128 cm³/mol. The normalized spacial score (nSPS) is 12.3. The number of azide groups is 1. The molecule has 0 spiro atoms. The molecule has 2 heterocycles. The summed E-state index contributed by atoms with van der Waals surface area (Å²) in [5.74, 6) is 0.166. The van der Waals surface area contributed by atoms with Gasteiger partial charge in [0, 0.05) is 4.91 Å². The van der Waals surface area contributed by atoms with Crippen molar-refractivity contribution in [3.05, 3.63) is 23.1 Å². The van der Waals surface area contributed by atoms with E-state index in [1.165, 1.54) is 12.7 Å². The summed E-state index contributed by atoms with van der Waals surface area (Å²) in [6, 6.07) is 0. The first kappa shape index (κ1) is 30.5. The Bertz CT molecular complexity index is 1140. The van der Waals surface area contributed by atoms with E-state index in [-0.39, 0.29) is 18.9 Å². The van der Waals surface area contributed by atoms with Gasteiger partial charge in [-0.15, -0.1) is 0 Å². The summed E-state index contributed by atoms with van der Waals surface area (Å²) in [7, 11) is -4.23. The highest BCUT2D eigenvalue weighted by molar-refractivity contribution is 7.53. The molecule has 0 saturated heterocycles. The van der Waals surface area contributed by atoms with Crippen LogP contribution in [0.1, 0.15) is 27.7 Å². The van der Waals surface area contributed by atoms with Crippen LogP contribution < -0.4 is 5.73 Å². The zero-order chi connectivity index (χ0) is 28.1. The number of anilines is 1. The molecular weight excluding hydrogens is 531 g/mol. The molecule has 0 radical (unpaired) electrons. The molecule has 38 heavy (non-hydrogen) atoms. The van der Waals surface area contributed by atoms with Gasteiger partial charge >= 0.3 is 19.9 Å². The second-order valence-corrected chi connectivity index (χ2v) is 9.88. The lowest BCUT2D eigenvalue weighted by molar-refractivity contribution is -0.0372. The topological polar surface area (TPSA) is 234 Å². The SMILES string of the molecule is CC(C)OC(=O)OCOP(=O)(CO[C@H](CN=[N+]=[N-])Cn1cnc2c(N)ncnc21)OCOC(=O)OC(C)C. The smallest absolute Gasteiger partial charge is 0.432 e. The molecule has 18 nitrogen and oxygen atoms in total. The van der Waals surface area contributed by atoms with Gasteiger partial charge in [-0.05, 0) is 33.2 Å². The summed E-state index contributed by atoms with van der Waals surface area (Å²) in [6.45, 7) is 4.61. The largest absolute Gasteiger partial charge is 0.510 e. The van der Waals surface area contributed by atoms with Crippen LogP contribution in [0.15, 0.2) is 17.8 Å². The van der Waals surface area contributed by atoms with E-state index in [9.17, 15) is 14.2 Å². The van der Waals surface area contributed by atoms with Crippen LogP contribution in [0.3, 0.4) is 0 Å². The fourth-order valence-corrected chi connectivity index (χ4v) is 3.66. The number of aromatic nitrogens is 4. The van der Waals surface area contributed by atoms with E-state index in [2.05, 4.69) is 25.0 Å². The second-order valence-electron chi connectivity index (χ2n) is 7.89. The van der Waals surface area contributed by atoms with Crippen molar-refractivity contribution >= 4 is 36.9 Å². The summed E-state index contributed by atoms with van der Waals surface area (Å²) in [5.41, 5.74) is 15.3. The predicted octanol–water partition coefficient (Wildman–Crippen LogP) is 3.33. The Hall–Kier alpha value is -3.69.